The molecular weight excluding hydrogens is 296 g/mol. The molecule has 0 aliphatic carbocycles. The lowest BCUT2D eigenvalue weighted by Gasteiger charge is -2.22. The van der Waals surface area contributed by atoms with Crippen molar-refractivity contribution in [3.63, 3.8) is 0 Å². The molecule has 3 nitrogen and oxygen atoms in total. The fourth-order valence-electron chi connectivity index (χ4n) is 2.27. The highest BCUT2D eigenvalue weighted by Crippen LogP contribution is 2.24. The quantitative estimate of drug-likeness (QED) is 0.760. The van der Waals surface area contributed by atoms with Crippen LogP contribution in [-0.4, -0.2) is 19.5 Å². The number of hydrogen-bond donors (Lipinski definition) is 1. The molecular formula is C18H31ClN2O. The van der Waals surface area contributed by atoms with Crippen LogP contribution in [0.15, 0.2) is 24.3 Å². The largest absolute Gasteiger partial charge is 0.330 e. The highest BCUT2D eigenvalue weighted by Gasteiger charge is 2.15. The molecule has 0 aliphatic heterocycles. The number of halogens is 1. The highest BCUT2D eigenvalue weighted by molar-refractivity contribution is 5.92. The lowest BCUT2D eigenvalue weighted by Crippen LogP contribution is -2.26. The van der Waals surface area contributed by atoms with Gasteiger partial charge in [0.15, 0.2) is 0 Å². The van der Waals surface area contributed by atoms with E-state index < -0.39 is 0 Å². The normalized spacial score (nSPS) is 11.0. The van der Waals surface area contributed by atoms with Crippen LogP contribution in [0.3, 0.4) is 0 Å². The molecule has 0 unspecified atom stereocenters. The molecule has 4 heteroatoms. The summed E-state index contributed by atoms with van der Waals surface area (Å²) in [6.45, 7) is 7.32. The first-order valence-electron chi connectivity index (χ1n) is 7.93. The van der Waals surface area contributed by atoms with Gasteiger partial charge in [0.2, 0.25) is 5.91 Å². The van der Waals surface area contributed by atoms with E-state index in [4.69, 9.17) is 5.73 Å². The van der Waals surface area contributed by atoms with Gasteiger partial charge in [-0.3, -0.25) is 4.79 Å². The molecule has 0 fully saturated rings. The van der Waals surface area contributed by atoms with Crippen molar-refractivity contribution in [3.05, 3.63) is 29.8 Å². The highest BCUT2D eigenvalue weighted by atomic mass is 35.5. The first-order chi connectivity index (χ1) is 9.86. The van der Waals surface area contributed by atoms with Gasteiger partial charge in [-0.1, -0.05) is 45.7 Å². The molecule has 0 aliphatic rings. The maximum atomic E-state index is 12.2. The SMILES string of the molecule is CN(C(=O)CCCCCCN)c1ccc(C(C)(C)C)cc1.Cl. The van der Waals surface area contributed by atoms with Crippen LogP contribution in [-0.2, 0) is 10.2 Å². The van der Waals surface area contributed by atoms with Gasteiger partial charge in [-0.25, -0.2) is 0 Å². The molecule has 0 aromatic heterocycles. The molecule has 1 rings (SSSR count). The van der Waals surface area contributed by atoms with E-state index in [9.17, 15) is 4.79 Å². The number of carbonyl (C=O) groups is 1. The molecule has 0 atom stereocenters. The molecule has 1 aromatic carbocycles. The molecule has 0 saturated heterocycles. The summed E-state index contributed by atoms with van der Waals surface area (Å²) in [6.07, 6.45) is 4.82. The Balaban J connectivity index is 0.00000441. The fourth-order valence-corrected chi connectivity index (χ4v) is 2.27. The van der Waals surface area contributed by atoms with Gasteiger partial charge in [-0.15, -0.1) is 12.4 Å². The van der Waals surface area contributed by atoms with Crippen molar-refractivity contribution in [3.8, 4) is 0 Å². The Hall–Kier alpha value is -1.06. The molecule has 1 amide bonds. The lowest BCUT2D eigenvalue weighted by molar-refractivity contribution is -0.118. The van der Waals surface area contributed by atoms with Crippen LogP contribution in [0.25, 0.3) is 0 Å². The van der Waals surface area contributed by atoms with Gasteiger partial charge in [-0.2, -0.15) is 0 Å². The number of anilines is 1. The van der Waals surface area contributed by atoms with Gasteiger partial charge < -0.3 is 10.6 Å². The predicted octanol–water partition coefficient (Wildman–Crippen LogP) is 4.28. The van der Waals surface area contributed by atoms with E-state index in [0.29, 0.717) is 6.42 Å². The Labute approximate surface area is 141 Å². The summed E-state index contributed by atoms with van der Waals surface area (Å²) in [7, 11) is 1.86. The molecule has 0 radical (unpaired) electrons. The average molecular weight is 327 g/mol. The third-order valence-electron chi connectivity index (χ3n) is 3.84. The summed E-state index contributed by atoms with van der Waals surface area (Å²) in [5.41, 5.74) is 7.86. The van der Waals surface area contributed by atoms with E-state index in [1.54, 1.807) is 4.90 Å². The Morgan fingerprint density at radius 3 is 2.09 bits per heavy atom. The Morgan fingerprint density at radius 2 is 1.59 bits per heavy atom. The average Bonchev–Trinajstić information content (AvgIpc) is 2.45. The van der Waals surface area contributed by atoms with Gasteiger partial charge in [0, 0.05) is 19.2 Å². The number of amides is 1. The second-order valence-corrected chi connectivity index (χ2v) is 6.70. The van der Waals surface area contributed by atoms with Crippen LogP contribution < -0.4 is 10.6 Å². The predicted molar refractivity (Wildman–Crippen MR) is 97.9 cm³/mol. The van der Waals surface area contributed by atoms with Gasteiger partial charge in [-0.05, 0) is 42.5 Å². The summed E-state index contributed by atoms with van der Waals surface area (Å²) in [5.74, 6) is 0.186. The summed E-state index contributed by atoms with van der Waals surface area (Å²) in [6, 6.07) is 8.29. The van der Waals surface area contributed by atoms with Crippen molar-refractivity contribution in [2.45, 2.75) is 58.3 Å². The van der Waals surface area contributed by atoms with E-state index in [1.807, 2.05) is 19.2 Å². The number of carbonyl (C=O) groups excluding carboxylic acids is 1. The molecule has 0 heterocycles. The number of nitrogens with two attached hydrogens (primary N) is 1. The third kappa shape index (κ3) is 6.80. The zero-order valence-corrected chi connectivity index (χ0v) is 15.2. The zero-order chi connectivity index (χ0) is 15.9. The van der Waals surface area contributed by atoms with Crippen LogP contribution >= 0.6 is 12.4 Å². The van der Waals surface area contributed by atoms with Crippen LogP contribution in [0, 0.1) is 0 Å². The maximum absolute atomic E-state index is 12.2. The van der Waals surface area contributed by atoms with E-state index in [-0.39, 0.29) is 23.7 Å². The Kier molecular flexibility index (Phi) is 9.38. The number of nitrogens with zero attached hydrogens (tertiary/aromatic N) is 1. The van der Waals surface area contributed by atoms with Gasteiger partial charge in [0.05, 0.1) is 0 Å². The van der Waals surface area contributed by atoms with Gasteiger partial charge >= 0.3 is 0 Å². The van der Waals surface area contributed by atoms with Crippen molar-refractivity contribution < 1.29 is 4.79 Å². The van der Waals surface area contributed by atoms with Gasteiger partial charge in [0.25, 0.3) is 0 Å². The minimum Gasteiger partial charge on any atom is -0.330 e. The van der Waals surface area contributed by atoms with Crippen LogP contribution in [0.4, 0.5) is 5.69 Å². The fraction of sp³-hybridized carbons (Fsp3) is 0.611. The van der Waals surface area contributed by atoms with E-state index in [2.05, 4.69) is 32.9 Å². The lowest BCUT2D eigenvalue weighted by atomic mass is 9.87. The van der Waals surface area contributed by atoms with Crippen molar-refractivity contribution in [2.24, 2.45) is 5.73 Å². The first-order valence-corrected chi connectivity index (χ1v) is 7.93. The van der Waals surface area contributed by atoms with Crippen molar-refractivity contribution in [1.82, 2.24) is 0 Å². The first kappa shape index (κ1) is 20.9. The van der Waals surface area contributed by atoms with Crippen molar-refractivity contribution in [1.29, 1.82) is 0 Å². The third-order valence-corrected chi connectivity index (χ3v) is 3.84. The summed E-state index contributed by atoms with van der Waals surface area (Å²) < 4.78 is 0. The smallest absolute Gasteiger partial charge is 0.226 e. The Morgan fingerprint density at radius 1 is 1.05 bits per heavy atom. The van der Waals surface area contributed by atoms with E-state index >= 15 is 0 Å². The number of rotatable bonds is 7. The maximum Gasteiger partial charge on any atom is 0.226 e. The van der Waals surface area contributed by atoms with E-state index in [0.717, 1.165) is 37.9 Å². The molecule has 22 heavy (non-hydrogen) atoms. The Bertz CT molecular complexity index is 437. The summed E-state index contributed by atoms with van der Waals surface area (Å²) in [5, 5.41) is 0. The zero-order valence-electron chi connectivity index (χ0n) is 14.4. The second-order valence-electron chi connectivity index (χ2n) is 6.70. The molecule has 0 bridgehead atoms. The molecule has 1 aromatic rings. The second kappa shape index (κ2) is 9.86. The topological polar surface area (TPSA) is 46.3 Å². The van der Waals surface area contributed by atoms with Crippen LogP contribution in [0.1, 0.15) is 58.4 Å². The molecule has 2 N–H and O–H groups in total. The van der Waals surface area contributed by atoms with Crippen molar-refractivity contribution in [2.75, 3.05) is 18.5 Å². The molecule has 0 saturated carbocycles. The monoisotopic (exact) mass is 326 g/mol. The number of unbranched alkanes of at least 4 members (excludes halogenated alkanes) is 3. The van der Waals surface area contributed by atoms with Crippen LogP contribution in [0.2, 0.25) is 0 Å². The number of benzene rings is 1. The molecule has 0 spiro atoms. The van der Waals surface area contributed by atoms with Crippen molar-refractivity contribution >= 4 is 24.0 Å². The summed E-state index contributed by atoms with van der Waals surface area (Å²) in [4.78, 5) is 13.9. The van der Waals surface area contributed by atoms with E-state index in [1.165, 1.54) is 5.56 Å². The summed E-state index contributed by atoms with van der Waals surface area (Å²) >= 11 is 0. The molecule has 126 valence electrons. The van der Waals surface area contributed by atoms with Gasteiger partial charge in [0.1, 0.15) is 0 Å². The minimum atomic E-state index is 0. The standard InChI is InChI=1S/C18H30N2O.ClH/c1-18(2,3)15-10-12-16(13-11-15)20(4)17(21)9-7-5-6-8-14-19;/h10-13H,5-9,14,19H2,1-4H3;1H. The van der Waals surface area contributed by atoms with Crippen LogP contribution in [0.5, 0.6) is 0 Å². The number of hydrogen-bond acceptors (Lipinski definition) is 2. The minimum absolute atomic E-state index is 0.